The Bertz CT molecular complexity index is 485. The summed E-state index contributed by atoms with van der Waals surface area (Å²) in [6, 6.07) is 6.98. The van der Waals surface area contributed by atoms with Crippen LogP contribution in [0, 0.1) is 11.7 Å². The van der Waals surface area contributed by atoms with Crippen molar-refractivity contribution in [2.45, 2.75) is 37.5 Å². The van der Waals surface area contributed by atoms with E-state index in [1.165, 1.54) is 25.0 Å². The van der Waals surface area contributed by atoms with Gasteiger partial charge in [-0.25, -0.2) is 4.39 Å². The van der Waals surface area contributed by atoms with Crippen molar-refractivity contribution in [1.82, 2.24) is 10.6 Å². The van der Waals surface area contributed by atoms with E-state index in [9.17, 15) is 9.50 Å². The van der Waals surface area contributed by atoms with Crippen molar-refractivity contribution in [3.63, 3.8) is 0 Å². The van der Waals surface area contributed by atoms with E-state index in [2.05, 4.69) is 10.6 Å². The number of hydrogen-bond donors (Lipinski definition) is 3. The zero-order valence-electron chi connectivity index (χ0n) is 13.2. The van der Waals surface area contributed by atoms with Crippen LogP contribution in [0.1, 0.15) is 30.9 Å². The maximum absolute atomic E-state index is 13.2. The molecule has 1 saturated heterocycles. The standard InChI is InChI=1S/C17H25FN2O2.ClH/c18-13-4-1-3-12(9-13)17(21)10-20-15-6-2-5-14(15)16-11-22-8-7-19-16;/h1,3-4,9,14-17,19-21H,2,5-8,10-11H2;1H. The highest BCUT2D eigenvalue weighted by Crippen LogP contribution is 2.29. The summed E-state index contributed by atoms with van der Waals surface area (Å²) in [4.78, 5) is 0. The van der Waals surface area contributed by atoms with Crippen LogP contribution in [0.4, 0.5) is 4.39 Å². The number of benzene rings is 1. The lowest BCUT2D eigenvalue weighted by atomic mass is 9.93. The van der Waals surface area contributed by atoms with Crippen LogP contribution in [0.5, 0.6) is 0 Å². The van der Waals surface area contributed by atoms with Crippen molar-refractivity contribution >= 4 is 12.4 Å². The first kappa shape index (κ1) is 18.6. The molecule has 0 aromatic heterocycles. The van der Waals surface area contributed by atoms with Crippen molar-refractivity contribution in [3.8, 4) is 0 Å². The number of rotatable bonds is 5. The van der Waals surface area contributed by atoms with Gasteiger partial charge in [-0.05, 0) is 36.5 Å². The SMILES string of the molecule is Cl.OC(CNC1CCCC1C1COCCN1)c1cccc(F)c1. The van der Waals surface area contributed by atoms with Crippen LogP contribution in [0.3, 0.4) is 0 Å². The average Bonchev–Trinajstić information content (AvgIpc) is 3.02. The largest absolute Gasteiger partial charge is 0.387 e. The van der Waals surface area contributed by atoms with E-state index < -0.39 is 6.10 Å². The number of nitrogens with one attached hydrogen (secondary N) is 2. The smallest absolute Gasteiger partial charge is 0.123 e. The molecular formula is C17H26ClFN2O2. The van der Waals surface area contributed by atoms with Crippen LogP contribution in [-0.4, -0.2) is 43.5 Å². The van der Waals surface area contributed by atoms with Crippen LogP contribution < -0.4 is 10.6 Å². The zero-order valence-corrected chi connectivity index (χ0v) is 14.0. The lowest BCUT2D eigenvalue weighted by Gasteiger charge is -2.33. The predicted molar refractivity (Wildman–Crippen MR) is 90.3 cm³/mol. The Balaban J connectivity index is 0.00000192. The molecule has 1 aromatic carbocycles. The second-order valence-corrected chi connectivity index (χ2v) is 6.32. The van der Waals surface area contributed by atoms with E-state index in [-0.39, 0.29) is 18.2 Å². The average molecular weight is 345 g/mol. The van der Waals surface area contributed by atoms with E-state index in [4.69, 9.17) is 4.74 Å². The van der Waals surface area contributed by atoms with Gasteiger partial charge in [0.15, 0.2) is 0 Å². The van der Waals surface area contributed by atoms with E-state index in [1.807, 2.05) is 0 Å². The lowest BCUT2D eigenvalue weighted by molar-refractivity contribution is 0.0513. The Labute approximate surface area is 143 Å². The third-order valence-corrected chi connectivity index (χ3v) is 4.84. The van der Waals surface area contributed by atoms with Gasteiger partial charge in [0.1, 0.15) is 5.82 Å². The van der Waals surface area contributed by atoms with Crippen LogP contribution >= 0.6 is 12.4 Å². The third kappa shape index (κ3) is 4.88. The highest BCUT2D eigenvalue weighted by molar-refractivity contribution is 5.85. The summed E-state index contributed by atoms with van der Waals surface area (Å²) in [7, 11) is 0. The van der Waals surface area contributed by atoms with Gasteiger partial charge in [-0.2, -0.15) is 0 Å². The molecule has 1 saturated carbocycles. The van der Waals surface area contributed by atoms with Crippen molar-refractivity contribution in [2.24, 2.45) is 5.92 Å². The monoisotopic (exact) mass is 344 g/mol. The van der Waals surface area contributed by atoms with Gasteiger partial charge in [-0.3, -0.25) is 0 Å². The molecule has 0 bridgehead atoms. The Kier molecular flexibility index (Phi) is 7.24. The molecule has 3 N–H and O–H groups in total. The fourth-order valence-corrected chi connectivity index (χ4v) is 3.68. The second kappa shape index (κ2) is 8.94. The summed E-state index contributed by atoms with van der Waals surface area (Å²) in [6.07, 6.45) is 2.84. The number of morpholine rings is 1. The van der Waals surface area contributed by atoms with Gasteiger partial charge >= 0.3 is 0 Å². The first-order valence-corrected chi connectivity index (χ1v) is 8.22. The minimum absolute atomic E-state index is 0. The Morgan fingerprint density at radius 3 is 3.00 bits per heavy atom. The van der Waals surface area contributed by atoms with Crippen LogP contribution in [-0.2, 0) is 4.74 Å². The molecule has 1 aromatic rings. The molecule has 130 valence electrons. The van der Waals surface area contributed by atoms with Gasteiger partial charge in [0.05, 0.1) is 19.3 Å². The molecule has 4 atom stereocenters. The summed E-state index contributed by atoms with van der Waals surface area (Å²) in [5, 5.41) is 17.3. The molecule has 3 rings (SSSR count). The molecule has 2 fully saturated rings. The van der Waals surface area contributed by atoms with Gasteiger partial charge in [-0.15, -0.1) is 12.4 Å². The van der Waals surface area contributed by atoms with E-state index in [0.29, 0.717) is 30.1 Å². The molecular weight excluding hydrogens is 319 g/mol. The van der Waals surface area contributed by atoms with Crippen LogP contribution in [0.15, 0.2) is 24.3 Å². The van der Waals surface area contributed by atoms with Crippen molar-refractivity contribution in [1.29, 1.82) is 0 Å². The van der Waals surface area contributed by atoms with Crippen molar-refractivity contribution in [2.75, 3.05) is 26.3 Å². The number of halogens is 2. The van der Waals surface area contributed by atoms with Crippen LogP contribution in [0.25, 0.3) is 0 Å². The normalized spacial score (nSPS) is 29.0. The highest BCUT2D eigenvalue weighted by Gasteiger charge is 2.34. The summed E-state index contributed by atoms with van der Waals surface area (Å²) < 4.78 is 18.8. The molecule has 0 amide bonds. The molecule has 2 aliphatic rings. The number of ether oxygens (including phenoxy) is 1. The molecule has 23 heavy (non-hydrogen) atoms. The first-order chi connectivity index (χ1) is 10.7. The Morgan fingerprint density at radius 2 is 2.26 bits per heavy atom. The summed E-state index contributed by atoms with van der Waals surface area (Å²) >= 11 is 0. The molecule has 0 spiro atoms. The zero-order chi connectivity index (χ0) is 15.4. The summed E-state index contributed by atoms with van der Waals surface area (Å²) in [5.41, 5.74) is 0.626. The molecule has 0 radical (unpaired) electrons. The molecule has 1 heterocycles. The topological polar surface area (TPSA) is 53.5 Å². The first-order valence-electron chi connectivity index (χ1n) is 8.22. The number of hydrogen-bond acceptors (Lipinski definition) is 4. The van der Waals surface area contributed by atoms with Gasteiger partial charge < -0.3 is 20.5 Å². The quantitative estimate of drug-likeness (QED) is 0.765. The van der Waals surface area contributed by atoms with Crippen molar-refractivity contribution in [3.05, 3.63) is 35.6 Å². The fourth-order valence-electron chi connectivity index (χ4n) is 3.68. The van der Waals surface area contributed by atoms with Crippen molar-refractivity contribution < 1.29 is 14.2 Å². The maximum Gasteiger partial charge on any atom is 0.123 e. The molecule has 6 heteroatoms. The van der Waals surface area contributed by atoms with E-state index in [0.717, 1.165) is 26.2 Å². The fraction of sp³-hybridized carbons (Fsp3) is 0.647. The molecule has 4 nitrogen and oxygen atoms in total. The number of aliphatic hydroxyl groups excluding tert-OH is 1. The van der Waals surface area contributed by atoms with Crippen LogP contribution in [0.2, 0.25) is 0 Å². The minimum atomic E-state index is -0.674. The summed E-state index contributed by atoms with van der Waals surface area (Å²) in [6.45, 7) is 2.94. The van der Waals surface area contributed by atoms with E-state index >= 15 is 0 Å². The van der Waals surface area contributed by atoms with Gasteiger partial charge in [-0.1, -0.05) is 18.6 Å². The van der Waals surface area contributed by atoms with Gasteiger partial charge in [0.25, 0.3) is 0 Å². The maximum atomic E-state index is 13.2. The van der Waals surface area contributed by atoms with Gasteiger partial charge in [0.2, 0.25) is 0 Å². The Hall–Kier alpha value is -0.720. The summed E-state index contributed by atoms with van der Waals surface area (Å²) in [5.74, 6) is 0.235. The molecule has 1 aliphatic heterocycles. The van der Waals surface area contributed by atoms with E-state index in [1.54, 1.807) is 12.1 Å². The highest BCUT2D eigenvalue weighted by atomic mass is 35.5. The number of aliphatic hydroxyl groups is 1. The molecule has 4 unspecified atom stereocenters. The van der Waals surface area contributed by atoms with Gasteiger partial charge in [0, 0.05) is 25.2 Å². The third-order valence-electron chi connectivity index (χ3n) is 4.84. The second-order valence-electron chi connectivity index (χ2n) is 6.32. The lowest BCUT2D eigenvalue weighted by Crippen LogP contribution is -2.51. The predicted octanol–water partition coefficient (Wildman–Crippen LogP) is 2.03. The minimum Gasteiger partial charge on any atom is -0.387 e. The Morgan fingerprint density at radius 1 is 1.39 bits per heavy atom. The molecule has 1 aliphatic carbocycles.